The van der Waals surface area contributed by atoms with Crippen LogP contribution in [0.15, 0.2) is 23.8 Å². The maximum absolute atomic E-state index is 9.44. The third-order valence-electron chi connectivity index (χ3n) is 1.47. The Balaban J connectivity index is 4.36. The molecule has 1 nitrogen and oxygen atoms in total. The molecule has 0 aliphatic carbocycles. The Labute approximate surface area is 64.5 Å². The minimum atomic E-state index is -0.772. The van der Waals surface area contributed by atoms with E-state index in [1.165, 1.54) is 0 Å². The van der Waals surface area contributed by atoms with E-state index in [1.54, 1.807) is 32.9 Å². The van der Waals surface area contributed by atoms with Crippen LogP contribution in [-0.2, 0) is 0 Å². The number of hydrogen-bond donors (Lipinski definition) is 1. The second-order valence-electron chi connectivity index (χ2n) is 2.86. The van der Waals surface area contributed by atoms with Crippen molar-refractivity contribution in [3.05, 3.63) is 23.8 Å². The van der Waals surface area contributed by atoms with Crippen LogP contribution in [0.2, 0.25) is 0 Å². The summed E-state index contributed by atoms with van der Waals surface area (Å²) in [7, 11) is 0. The van der Waals surface area contributed by atoms with E-state index in [-0.39, 0.29) is 0 Å². The van der Waals surface area contributed by atoms with E-state index in [2.05, 4.69) is 0 Å². The number of allylic oxidation sites excluding steroid dienone is 3. The van der Waals surface area contributed by atoms with Crippen molar-refractivity contribution in [2.75, 3.05) is 0 Å². The zero-order valence-corrected chi connectivity index (χ0v) is 7.10. The number of hydrogen-bond acceptors (Lipinski definition) is 1. The van der Waals surface area contributed by atoms with Crippen molar-refractivity contribution < 1.29 is 6.48 Å². The Kier molecular flexibility index (Phi) is 2.69. The predicted molar refractivity (Wildman–Crippen MR) is 44.9 cm³/mol. The van der Waals surface area contributed by atoms with Crippen molar-refractivity contribution in [3.8, 4) is 0 Å². The molecule has 10 heavy (non-hydrogen) atoms. The van der Waals surface area contributed by atoms with Crippen molar-refractivity contribution >= 4 is 0 Å². The van der Waals surface area contributed by atoms with E-state index < -0.39 is 5.60 Å². The number of rotatable bonds is 2. The highest BCUT2D eigenvalue weighted by Crippen LogP contribution is 2.13. The zero-order valence-electron chi connectivity index (χ0n) is 8.10. The van der Waals surface area contributed by atoms with Gasteiger partial charge < -0.3 is 5.11 Å². The second kappa shape index (κ2) is 3.57. The van der Waals surface area contributed by atoms with Crippen molar-refractivity contribution in [2.45, 2.75) is 33.3 Å². The summed E-state index contributed by atoms with van der Waals surface area (Å²) in [5, 5.41) is 9.44. The molecular weight excluding hydrogens is 124 g/mol. The Bertz CT molecular complexity index is 180. The maximum Gasteiger partial charge on any atom is 0.0801 e. The lowest BCUT2D eigenvalue weighted by molar-refractivity contribution is 0.120. The first-order valence-electron chi connectivity index (χ1n) is 3.88. The summed E-state index contributed by atoms with van der Waals surface area (Å²) in [6.45, 7) is 7.01. The average Bonchev–Trinajstić information content (AvgIpc) is 1.80. The molecule has 0 aliphatic rings. The van der Waals surface area contributed by atoms with Crippen molar-refractivity contribution in [1.82, 2.24) is 0 Å². The monoisotopic (exact) mass is 141 g/mol. The molecule has 0 aromatic rings. The lowest BCUT2D eigenvalue weighted by Crippen LogP contribution is -2.19. The van der Waals surface area contributed by atoms with Crippen LogP contribution >= 0.6 is 0 Å². The lowest BCUT2D eigenvalue weighted by Gasteiger charge is -2.17. The molecule has 0 atom stereocenters. The zero-order chi connectivity index (χ0) is 9.07. The third kappa shape index (κ3) is 3.46. The van der Waals surface area contributed by atoms with Gasteiger partial charge in [-0.15, -0.1) is 0 Å². The van der Waals surface area contributed by atoms with Gasteiger partial charge in [0.25, 0.3) is 0 Å². The Morgan fingerprint density at radius 3 is 2.40 bits per heavy atom. The topological polar surface area (TPSA) is 20.2 Å². The lowest BCUT2D eigenvalue weighted by atomic mass is 10.00. The van der Waals surface area contributed by atoms with Crippen molar-refractivity contribution in [2.24, 2.45) is 0 Å². The molecule has 0 heterocycles. The SMILES string of the molecule is [2H]/C(C)=C\C=C(/C)C(C)(C)O. The fraction of sp³-hybridized carbons (Fsp3) is 0.556. The van der Waals surface area contributed by atoms with Crippen LogP contribution in [0.5, 0.6) is 0 Å². The highest BCUT2D eigenvalue weighted by Gasteiger charge is 2.13. The summed E-state index contributed by atoms with van der Waals surface area (Å²) in [6, 6.07) is 0.494. The van der Waals surface area contributed by atoms with Crippen molar-refractivity contribution in [3.63, 3.8) is 0 Å². The van der Waals surface area contributed by atoms with Crippen LogP contribution in [0.25, 0.3) is 0 Å². The van der Waals surface area contributed by atoms with Crippen molar-refractivity contribution in [1.29, 1.82) is 0 Å². The molecule has 0 aromatic heterocycles. The Hall–Kier alpha value is -0.560. The molecule has 0 unspecified atom stereocenters. The van der Waals surface area contributed by atoms with Gasteiger partial charge in [-0.3, -0.25) is 0 Å². The molecule has 58 valence electrons. The van der Waals surface area contributed by atoms with Gasteiger partial charge in [-0.1, -0.05) is 18.2 Å². The fourth-order valence-electron chi connectivity index (χ4n) is 0.412. The Morgan fingerprint density at radius 1 is 1.60 bits per heavy atom. The van der Waals surface area contributed by atoms with Gasteiger partial charge in [0.1, 0.15) is 0 Å². The predicted octanol–water partition coefficient (Wildman–Crippen LogP) is 2.28. The first-order chi connectivity index (χ1) is 4.84. The van der Waals surface area contributed by atoms with Gasteiger partial charge in [-0.25, -0.2) is 0 Å². The summed E-state index contributed by atoms with van der Waals surface area (Å²) in [4.78, 5) is 0. The number of aliphatic hydroxyl groups is 1. The van der Waals surface area contributed by atoms with Gasteiger partial charge in [0, 0.05) is 0 Å². The molecule has 0 aliphatic heterocycles. The minimum absolute atomic E-state index is 0.494. The summed E-state index contributed by atoms with van der Waals surface area (Å²) >= 11 is 0. The standard InChI is InChI=1S/C9H16O/c1-5-6-7-8(2)9(3,4)10/h5-7,10H,1-4H3/b6-5+,8-7+/i5D. The molecule has 0 bridgehead atoms. The highest BCUT2D eigenvalue weighted by molar-refractivity contribution is 5.17. The van der Waals surface area contributed by atoms with Crippen LogP contribution in [0.4, 0.5) is 0 Å². The molecule has 1 N–H and O–H groups in total. The average molecular weight is 141 g/mol. The van der Waals surface area contributed by atoms with Gasteiger partial charge in [0.2, 0.25) is 0 Å². The van der Waals surface area contributed by atoms with E-state index in [0.717, 1.165) is 5.57 Å². The van der Waals surface area contributed by atoms with E-state index in [1.807, 2.05) is 6.92 Å². The van der Waals surface area contributed by atoms with Crippen LogP contribution in [0.3, 0.4) is 0 Å². The van der Waals surface area contributed by atoms with Gasteiger partial charge in [-0.05, 0) is 33.3 Å². The largest absolute Gasteiger partial charge is 0.386 e. The fourth-order valence-corrected chi connectivity index (χ4v) is 0.412. The molecule has 0 spiro atoms. The van der Waals surface area contributed by atoms with Crippen LogP contribution in [-0.4, -0.2) is 10.7 Å². The van der Waals surface area contributed by atoms with E-state index >= 15 is 0 Å². The summed E-state index contributed by atoms with van der Waals surface area (Å²) in [5.74, 6) is 0. The minimum Gasteiger partial charge on any atom is -0.386 e. The van der Waals surface area contributed by atoms with Crippen LogP contribution in [0, 0.1) is 0 Å². The molecule has 0 amide bonds. The van der Waals surface area contributed by atoms with Crippen LogP contribution in [0.1, 0.15) is 29.1 Å². The summed E-state index contributed by atoms with van der Waals surface area (Å²) < 4.78 is 7.11. The summed E-state index contributed by atoms with van der Waals surface area (Å²) in [6.07, 6.45) is 3.44. The molecule has 0 saturated heterocycles. The van der Waals surface area contributed by atoms with Gasteiger partial charge in [0.05, 0.1) is 6.97 Å². The first kappa shape index (κ1) is 7.55. The molecule has 0 fully saturated rings. The van der Waals surface area contributed by atoms with Gasteiger partial charge in [0.15, 0.2) is 0 Å². The smallest absolute Gasteiger partial charge is 0.0801 e. The molecule has 1 heteroatoms. The van der Waals surface area contributed by atoms with Gasteiger partial charge in [-0.2, -0.15) is 0 Å². The molecule has 0 rings (SSSR count). The summed E-state index contributed by atoms with van der Waals surface area (Å²) in [5.41, 5.74) is 0.0930. The van der Waals surface area contributed by atoms with Crippen LogP contribution < -0.4 is 0 Å². The third-order valence-corrected chi connectivity index (χ3v) is 1.47. The molecule has 0 aromatic carbocycles. The normalized spacial score (nSPS) is 17.1. The molecule has 0 saturated carbocycles. The molecular formula is C9H16O. The van der Waals surface area contributed by atoms with Gasteiger partial charge >= 0.3 is 0 Å². The quantitative estimate of drug-likeness (QED) is 0.585. The van der Waals surface area contributed by atoms with E-state index in [4.69, 9.17) is 1.37 Å². The first-order valence-corrected chi connectivity index (χ1v) is 3.38. The molecule has 0 radical (unpaired) electrons. The van der Waals surface area contributed by atoms with E-state index in [9.17, 15) is 5.11 Å². The Morgan fingerprint density at radius 2 is 2.10 bits per heavy atom. The highest BCUT2D eigenvalue weighted by atomic mass is 16.3. The van der Waals surface area contributed by atoms with E-state index in [0.29, 0.717) is 6.05 Å². The maximum atomic E-state index is 9.44. The second-order valence-corrected chi connectivity index (χ2v) is 2.86.